The number of benzene rings is 11. The number of rotatable bonds is 7. The van der Waals surface area contributed by atoms with Crippen LogP contribution in [0.2, 0.25) is 0 Å². The maximum absolute atomic E-state index is 6.88. The second kappa shape index (κ2) is 14.5. The second-order valence-electron chi connectivity index (χ2n) is 16.4. The molecule has 2 heterocycles. The maximum Gasteiger partial charge on any atom is 0.159 e. The van der Waals surface area contributed by atoms with Crippen LogP contribution >= 0.6 is 0 Å². The minimum Gasteiger partial charge on any atom is -0.456 e. The molecule has 300 valence electrons. The van der Waals surface area contributed by atoms with Crippen molar-refractivity contribution in [1.82, 2.24) is 0 Å². The third kappa shape index (κ3) is 5.70. The monoisotopic (exact) mass is 818 g/mol. The highest BCUT2D eigenvalue weighted by atomic mass is 16.5. The zero-order valence-electron chi connectivity index (χ0n) is 34.7. The SMILES string of the molecule is c1ccc(N(c2ccccc2)c2ccc3c(c2)Oc2cccc4c2c-3cc2c3ccccc3c(-c3ccc(N(c5ccccc5)c5cccc6c5oc5ccccc56)cc3)cc42)cc1. The first-order valence-electron chi connectivity index (χ1n) is 21.7. The fourth-order valence-corrected chi connectivity index (χ4v) is 9.94. The molecule has 0 fully saturated rings. The van der Waals surface area contributed by atoms with Crippen molar-refractivity contribution in [3.63, 3.8) is 0 Å². The minimum atomic E-state index is 0.843. The molecule has 1 aromatic heterocycles. The van der Waals surface area contributed by atoms with Gasteiger partial charge in [0.1, 0.15) is 17.1 Å². The average molecular weight is 819 g/mol. The van der Waals surface area contributed by atoms with Crippen LogP contribution < -0.4 is 14.5 Å². The largest absolute Gasteiger partial charge is 0.456 e. The Morgan fingerprint density at radius 1 is 0.297 bits per heavy atom. The lowest BCUT2D eigenvalue weighted by Gasteiger charge is -2.28. The molecule has 4 heteroatoms. The van der Waals surface area contributed by atoms with Gasteiger partial charge in [-0.2, -0.15) is 0 Å². The van der Waals surface area contributed by atoms with E-state index in [-0.39, 0.29) is 0 Å². The van der Waals surface area contributed by atoms with Crippen molar-refractivity contribution in [2.45, 2.75) is 0 Å². The predicted octanol–water partition coefficient (Wildman–Crippen LogP) is 17.4. The fourth-order valence-electron chi connectivity index (χ4n) is 9.94. The quantitative estimate of drug-likeness (QED) is 0.150. The molecule has 64 heavy (non-hydrogen) atoms. The Kier molecular flexibility index (Phi) is 8.18. The van der Waals surface area contributed by atoms with E-state index in [9.17, 15) is 0 Å². The number of fused-ring (bicyclic) bond motifs is 9. The Balaban J connectivity index is 0.947. The van der Waals surface area contributed by atoms with E-state index in [1.165, 1.54) is 38.1 Å². The number of ether oxygens (including phenoxy) is 1. The Bertz CT molecular complexity index is 3710. The van der Waals surface area contributed by atoms with Gasteiger partial charge >= 0.3 is 0 Å². The van der Waals surface area contributed by atoms with E-state index in [0.717, 1.165) is 84.1 Å². The van der Waals surface area contributed by atoms with Crippen LogP contribution in [0.1, 0.15) is 0 Å². The van der Waals surface area contributed by atoms with Gasteiger partial charge in [0.05, 0.1) is 5.69 Å². The highest BCUT2D eigenvalue weighted by Gasteiger charge is 2.25. The van der Waals surface area contributed by atoms with E-state index in [2.05, 4.69) is 228 Å². The van der Waals surface area contributed by atoms with Crippen LogP contribution in [0.3, 0.4) is 0 Å². The molecule has 0 saturated heterocycles. The van der Waals surface area contributed by atoms with Crippen molar-refractivity contribution in [3.8, 4) is 33.8 Å². The van der Waals surface area contributed by atoms with Crippen molar-refractivity contribution >= 4 is 88.4 Å². The van der Waals surface area contributed by atoms with Crippen LogP contribution in [-0.2, 0) is 0 Å². The van der Waals surface area contributed by atoms with Gasteiger partial charge in [0.15, 0.2) is 5.58 Å². The van der Waals surface area contributed by atoms with E-state index in [0.29, 0.717) is 0 Å². The predicted molar refractivity (Wildman–Crippen MR) is 267 cm³/mol. The standard InChI is InChI=1S/C60H38N2O2/c1-4-16-40(17-5-1)61(41-18-6-2-7-19-41)44-34-35-48-54-38-52-46-23-11-10-22-45(46)51(37-53(52)49-25-15-29-57(59(49)54)63-58(48)36-44)39-30-32-43(33-31-39)62(42-20-8-3-9-21-42)55-27-14-26-50-47-24-12-13-28-56(47)64-60(50)55/h1-38H. The van der Waals surface area contributed by atoms with Crippen LogP contribution in [0.4, 0.5) is 34.1 Å². The summed E-state index contributed by atoms with van der Waals surface area (Å²) in [6, 6.07) is 81.9. The molecule has 1 aliphatic heterocycles. The molecule has 0 bridgehead atoms. The van der Waals surface area contributed by atoms with Crippen LogP contribution in [0.15, 0.2) is 235 Å². The Morgan fingerprint density at radius 3 is 1.58 bits per heavy atom. The van der Waals surface area contributed by atoms with Crippen molar-refractivity contribution in [1.29, 1.82) is 0 Å². The summed E-state index contributed by atoms with van der Waals surface area (Å²) < 4.78 is 13.4. The highest BCUT2D eigenvalue weighted by Crippen LogP contribution is 2.52. The summed E-state index contributed by atoms with van der Waals surface area (Å²) in [5.41, 5.74) is 12.6. The molecule has 4 nitrogen and oxygen atoms in total. The van der Waals surface area contributed by atoms with Gasteiger partial charge in [0.2, 0.25) is 0 Å². The molecule has 0 atom stereocenters. The first kappa shape index (κ1) is 36.1. The molecule has 11 aromatic carbocycles. The third-order valence-electron chi connectivity index (χ3n) is 12.8. The van der Waals surface area contributed by atoms with Gasteiger partial charge < -0.3 is 19.0 Å². The Labute approximate surface area is 370 Å². The van der Waals surface area contributed by atoms with Crippen molar-refractivity contribution in [3.05, 3.63) is 231 Å². The molecule has 0 amide bonds. The van der Waals surface area contributed by atoms with E-state index < -0.39 is 0 Å². The normalized spacial score (nSPS) is 11.9. The molecule has 0 radical (unpaired) electrons. The number of hydrogen-bond donors (Lipinski definition) is 0. The summed E-state index contributed by atoms with van der Waals surface area (Å²) in [6.45, 7) is 0. The summed E-state index contributed by atoms with van der Waals surface area (Å²) >= 11 is 0. The first-order valence-corrected chi connectivity index (χ1v) is 21.7. The summed E-state index contributed by atoms with van der Waals surface area (Å²) in [7, 11) is 0. The molecule has 0 saturated carbocycles. The van der Waals surface area contributed by atoms with Gasteiger partial charge in [0.25, 0.3) is 0 Å². The topological polar surface area (TPSA) is 28.9 Å². The highest BCUT2D eigenvalue weighted by molar-refractivity contribution is 6.25. The molecule has 13 rings (SSSR count). The molecule has 12 aromatic rings. The zero-order chi connectivity index (χ0) is 42.1. The van der Waals surface area contributed by atoms with Gasteiger partial charge in [-0.1, -0.05) is 133 Å². The molecule has 0 N–H and O–H groups in total. The number of hydrogen-bond acceptors (Lipinski definition) is 4. The Morgan fingerprint density at radius 2 is 0.844 bits per heavy atom. The van der Waals surface area contributed by atoms with Crippen molar-refractivity contribution in [2.24, 2.45) is 0 Å². The molecule has 1 aliphatic rings. The van der Waals surface area contributed by atoms with E-state index >= 15 is 0 Å². The molecular weight excluding hydrogens is 781 g/mol. The second-order valence-corrected chi connectivity index (χ2v) is 16.4. The first-order chi connectivity index (χ1) is 31.7. The zero-order valence-corrected chi connectivity index (χ0v) is 34.7. The van der Waals surface area contributed by atoms with Crippen LogP contribution in [0, 0.1) is 0 Å². The summed E-state index contributed by atoms with van der Waals surface area (Å²) in [6.07, 6.45) is 0. The molecular formula is C60H38N2O2. The van der Waals surface area contributed by atoms with Gasteiger partial charge in [-0.05, 0) is 135 Å². The van der Waals surface area contributed by atoms with Crippen molar-refractivity contribution in [2.75, 3.05) is 9.80 Å². The Hall–Kier alpha value is -8.60. The molecule has 0 aliphatic carbocycles. The maximum atomic E-state index is 6.88. The summed E-state index contributed by atoms with van der Waals surface area (Å²) in [5, 5.41) is 9.36. The number of anilines is 6. The number of furan rings is 1. The fraction of sp³-hybridized carbons (Fsp3) is 0. The lowest BCUT2D eigenvalue weighted by atomic mass is 9.86. The van der Waals surface area contributed by atoms with Gasteiger partial charge in [0, 0.05) is 56.2 Å². The number of nitrogens with zero attached hydrogens (tertiary/aromatic N) is 2. The smallest absolute Gasteiger partial charge is 0.159 e. The summed E-state index contributed by atoms with van der Waals surface area (Å²) in [5.74, 6) is 1.71. The third-order valence-corrected chi connectivity index (χ3v) is 12.8. The average Bonchev–Trinajstić information content (AvgIpc) is 3.75. The van der Waals surface area contributed by atoms with E-state index in [1.54, 1.807) is 0 Å². The van der Waals surface area contributed by atoms with Crippen LogP contribution in [0.5, 0.6) is 11.5 Å². The van der Waals surface area contributed by atoms with Gasteiger partial charge in [-0.15, -0.1) is 0 Å². The summed E-state index contributed by atoms with van der Waals surface area (Å²) in [4.78, 5) is 4.58. The molecule has 0 spiro atoms. The minimum absolute atomic E-state index is 0.843. The van der Waals surface area contributed by atoms with E-state index in [1.807, 2.05) is 12.1 Å². The van der Waals surface area contributed by atoms with Crippen LogP contribution in [0.25, 0.3) is 76.5 Å². The van der Waals surface area contributed by atoms with E-state index in [4.69, 9.17) is 9.15 Å². The van der Waals surface area contributed by atoms with Crippen LogP contribution in [-0.4, -0.2) is 0 Å². The van der Waals surface area contributed by atoms with Gasteiger partial charge in [-0.25, -0.2) is 0 Å². The lowest BCUT2D eigenvalue weighted by molar-refractivity contribution is 0.487. The van der Waals surface area contributed by atoms with Gasteiger partial charge in [-0.3, -0.25) is 0 Å². The van der Waals surface area contributed by atoms with Crippen molar-refractivity contribution < 1.29 is 9.15 Å². The number of para-hydroxylation sites is 5. The lowest BCUT2D eigenvalue weighted by Crippen LogP contribution is -2.10. The molecule has 0 unspecified atom stereocenters.